The van der Waals surface area contributed by atoms with E-state index in [1.54, 1.807) is 71.8 Å². The summed E-state index contributed by atoms with van der Waals surface area (Å²) in [5, 5.41) is 2.72. The summed E-state index contributed by atoms with van der Waals surface area (Å²) in [6.07, 6.45) is 2.97. The third-order valence-electron chi connectivity index (χ3n) is 5.14. The van der Waals surface area contributed by atoms with Gasteiger partial charge in [0.1, 0.15) is 17.3 Å². The molecule has 3 N–H and O–H groups in total. The summed E-state index contributed by atoms with van der Waals surface area (Å²) in [4.78, 5) is 41.9. The second-order valence-electron chi connectivity index (χ2n) is 7.40. The van der Waals surface area contributed by atoms with Gasteiger partial charge in [0.25, 0.3) is 5.91 Å². The Morgan fingerprint density at radius 1 is 1.06 bits per heavy atom. The van der Waals surface area contributed by atoms with Crippen LogP contribution < -0.4 is 15.8 Å². The van der Waals surface area contributed by atoms with Gasteiger partial charge in [-0.1, -0.05) is 12.1 Å². The van der Waals surface area contributed by atoms with Gasteiger partial charge in [0.2, 0.25) is 11.8 Å². The lowest BCUT2D eigenvalue weighted by atomic mass is 10.1. The second-order valence-corrected chi connectivity index (χ2v) is 7.40. The van der Waals surface area contributed by atoms with Crippen LogP contribution in [0.5, 0.6) is 11.5 Å². The molecule has 0 saturated carbocycles. The Bertz CT molecular complexity index is 1150. The summed E-state index contributed by atoms with van der Waals surface area (Å²) in [6.45, 7) is 1.08. The number of ether oxygens (including phenoxy) is 1. The van der Waals surface area contributed by atoms with E-state index in [-0.39, 0.29) is 11.8 Å². The third kappa shape index (κ3) is 4.92. The zero-order valence-corrected chi connectivity index (χ0v) is 17.3. The maximum absolute atomic E-state index is 12.4. The molecule has 0 radical (unpaired) electrons. The highest BCUT2D eigenvalue weighted by Gasteiger charge is 2.22. The molecule has 0 aliphatic carbocycles. The number of hydrogen-bond acceptors (Lipinski definition) is 5. The summed E-state index contributed by atoms with van der Waals surface area (Å²) in [6, 6.07) is 16.8. The number of hydrogen-bond donors (Lipinski definition) is 2. The van der Waals surface area contributed by atoms with Crippen LogP contribution in [0.4, 0.5) is 5.82 Å². The molecule has 32 heavy (non-hydrogen) atoms. The first-order valence-electron chi connectivity index (χ1n) is 10.2. The average Bonchev–Trinajstić information content (AvgIpc) is 3.20. The number of nitrogens with one attached hydrogen (secondary N) is 1. The first-order valence-corrected chi connectivity index (χ1v) is 10.2. The topological polar surface area (TPSA) is 115 Å². The third-order valence-corrected chi connectivity index (χ3v) is 5.14. The van der Waals surface area contributed by atoms with Gasteiger partial charge in [-0.05, 0) is 55.0 Å². The van der Waals surface area contributed by atoms with Crippen LogP contribution in [0.3, 0.4) is 0 Å². The average molecular weight is 430 g/mol. The number of aromatic nitrogens is 1. The number of nitrogens with zero attached hydrogens (tertiary/aromatic N) is 2. The van der Waals surface area contributed by atoms with Crippen molar-refractivity contribution in [2.75, 3.05) is 11.9 Å². The Hall–Kier alpha value is -4.20. The molecular weight excluding hydrogens is 408 g/mol. The highest BCUT2D eigenvalue weighted by Crippen LogP contribution is 2.29. The molecule has 8 heteroatoms. The molecule has 1 aliphatic heterocycles. The van der Waals surface area contributed by atoms with E-state index in [9.17, 15) is 14.4 Å². The van der Waals surface area contributed by atoms with Gasteiger partial charge in [-0.15, -0.1) is 0 Å². The Morgan fingerprint density at radius 3 is 2.50 bits per heavy atom. The lowest BCUT2D eigenvalue weighted by molar-refractivity contribution is -0.128. The van der Waals surface area contributed by atoms with Crippen molar-refractivity contribution in [3.8, 4) is 11.5 Å². The van der Waals surface area contributed by atoms with Gasteiger partial charge in [-0.2, -0.15) is 0 Å². The molecule has 0 atom stereocenters. The number of carbonyl (C=O) groups excluding carboxylic acids is 3. The van der Waals surface area contributed by atoms with Crippen LogP contribution in [0.1, 0.15) is 39.1 Å². The van der Waals surface area contributed by atoms with E-state index in [1.165, 1.54) is 0 Å². The van der Waals surface area contributed by atoms with Gasteiger partial charge >= 0.3 is 0 Å². The minimum absolute atomic E-state index is 0.0956. The molecule has 1 saturated heterocycles. The van der Waals surface area contributed by atoms with Crippen LogP contribution in [0.15, 0.2) is 66.9 Å². The fourth-order valence-corrected chi connectivity index (χ4v) is 3.44. The summed E-state index contributed by atoms with van der Waals surface area (Å²) in [5.74, 6) is 0.612. The van der Waals surface area contributed by atoms with Crippen LogP contribution in [-0.2, 0) is 11.3 Å². The molecule has 1 aromatic heterocycles. The maximum Gasteiger partial charge on any atom is 0.256 e. The first-order chi connectivity index (χ1) is 15.5. The molecule has 0 spiro atoms. The van der Waals surface area contributed by atoms with Crippen molar-refractivity contribution in [1.82, 2.24) is 9.88 Å². The van der Waals surface area contributed by atoms with E-state index in [2.05, 4.69) is 10.3 Å². The molecule has 4 rings (SSSR count). The minimum Gasteiger partial charge on any atom is -0.457 e. The fraction of sp³-hybridized carbons (Fsp3) is 0.167. The smallest absolute Gasteiger partial charge is 0.256 e. The predicted octanol–water partition coefficient (Wildman–Crippen LogP) is 3.35. The van der Waals surface area contributed by atoms with Crippen molar-refractivity contribution in [2.24, 2.45) is 5.73 Å². The molecular formula is C24H22N4O4. The summed E-state index contributed by atoms with van der Waals surface area (Å²) >= 11 is 0. The van der Waals surface area contributed by atoms with Crippen molar-refractivity contribution in [3.05, 3.63) is 83.6 Å². The monoisotopic (exact) mass is 430 g/mol. The lowest BCUT2D eigenvalue weighted by Gasteiger charge is -2.19. The highest BCUT2D eigenvalue weighted by atomic mass is 16.5. The van der Waals surface area contributed by atoms with Crippen LogP contribution in [0, 0.1) is 0 Å². The number of pyridine rings is 1. The van der Waals surface area contributed by atoms with E-state index in [4.69, 9.17) is 10.5 Å². The van der Waals surface area contributed by atoms with Gasteiger partial charge in [0, 0.05) is 42.4 Å². The molecule has 0 bridgehead atoms. The zero-order chi connectivity index (χ0) is 22.5. The van der Waals surface area contributed by atoms with Crippen molar-refractivity contribution < 1.29 is 19.1 Å². The van der Waals surface area contributed by atoms with Gasteiger partial charge in [-0.25, -0.2) is 4.98 Å². The SMILES string of the molecule is NC(=O)c1ccc(CN2CCCC2=O)c(Oc2ccc(C(=O)Nc3ccccn3)cc2)c1. The van der Waals surface area contributed by atoms with E-state index in [0.29, 0.717) is 48.0 Å². The number of anilines is 1. The number of benzene rings is 2. The Labute approximate surface area is 185 Å². The summed E-state index contributed by atoms with van der Waals surface area (Å²) in [7, 11) is 0. The van der Waals surface area contributed by atoms with E-state index in [0.717, 1.165) is 12.0 Å². The Morgan fingerprint density at radius 2 is 1.84 bits per heavy atom. The summed E-state index contributed by atoms with van der Waals surface area (Å²) in [5.41, 5.74) is 6.94. The van der Waals surface area contributed by atoms with Crippen LogP contribution >= 0.6 is 0 Å². The van der Waals surface area contributed by atoms with Gasteiger partial charge in [0.15, 0.2) is 0 Å². The van der Waals surface area contributed by atoms with Crippen LogP contribution in [0.25, 0.3) is 0 Å². The maximum atomic E-state index is 12.4. The number of amides is 3. The molecule has 2 aromatic carbocycles. The number of primary amides is 1. The second kappa shape index (κ2) is 9.30. The van der Waals surface area contributed by atoms with Crippen molar-refractivity contribution in [3.63, 3.8) is 0 Å². The molecule has 1 aliphatic rings. The van der Waals surface area contributed by atoms with E-state index >= 15 is 0 Å². The van der Waals surface area contributed by atoms with Gasteiger partial charge in [0.05, 0.1) is 0 Å². The van der Waals surface area contributed by atoms with Crippen molar-refractivity contribution in [2.45, 2.75) is 19.4 Å². The van der Waals surface area contributed by atoms with E-state index < -0.39 is 5.91 Å². The first kappa shape index (κ1) is 21.0. The number of nitrogens with two attached hydrogens (primary N) is 1. The quantitative estimate of drug-likeness (QED) is 0.597. The fourth-order valence-electron chi connectivity index (χ4n) is 3.44. The Kier molecular flexibility index (Phi) is 6.12. The highest BCUT2D eigenvalue weighted by molar-refractivity contribution is 6.03. The molecule has 3 amide bonds. The van der Waals surface area contributed by atoms with E-state index in [1.807, 2.05) is 0 Å². The van der Waals surface area contributed by atoms with Crippen LogP contribution in [0.2, 0.25) is 0 Å². The lowest BCUT2D eigenvalue weighted by Crippen LogP contribution is -2.24. The Balaban J connectivity index is 1.52. The number of carbonyl (C=O) groups is 3. The number of likely N-dealkylation sites (tertiary alicyclic amines) is 1. The molecule has 162 valence electrons. The molecule has 3 aromatic rings. The van der Waals surface area contributed by atoms with Gasteiger partial charge < -0.3 is 20.7 Å². The van der Waals surface area contributed by atoms with Gasteiger partial charge in [-0.3, -0.25) is 14.4 Å². The normalized spacial score (nSPS) is 13.1. The zero-order valence-electron chi connectivity index (χ0n) is 17.3. The molecule has 2 heterocycles. The number of rotatable bonds is 7. The summed E-state index contributed by atoms with van der Waals surface area (Å²) < 4.78 is 6.01. The molecule has 1 fully saturated rings. The van der Waals surface area contributed by atoms with Crippen molar-refractivity contribution >= 4 is 23.5 Å². The standard InChI is InChI=1S/C24H22N4O4/c25-23(30)17-6-7-18(15-28-13-3-5-22(28)29)20(14-17)32-19-10-8-16(9-11-19)24(31)27-21-4-1-2-12-26-21/h1-2,4,6-12,14H,3,5,13,15H2,(H2,25,30)(H,26,27,31). The van der Waals surface area contributed by atoms with Crippen LogP contribution in [-0.4, -0.2) is 34.2 Å². The minimum atomic E-state index is -0.569. The largest absolute Gasteiger partial charge is 0.457 e. The van der Waals surface area contributed by atoms with Crippen molar-refractivity contribution in [1.29, 1.82) is 0 Å². The predicted molar refractivity (Wildman–Crippen MR) is 118 cm³/mol. The molecule has 0 unspecified atom stereocenters. The molecule has 8 nitrogen and oxygen atoms in total.